The van der Waals surface area contributed by atoms with Crippen LogP contribution in [0.25, 0.3) is 0 Å². The maximum atomic E-state index is 11.7. The van der Waals surface area contributed by atoms with Gasteiger partial charge in [0.2, 0.25) is 0 Å². The summed E-state index contributed by atoms with van der Waals surface area (Å²) in [5, 5.41) is 4.47. The molecule has 1 aromatic heterocycles. The number of rotatable bonds is 3. The topological polar surface area (TPSA) is 50.6 Å². The maximum absolute atomic E-state index is 11.7. The van der Waals surface area contributed by atoms with E-state index in [2.05, 4.69) is 21.7 Å². The minimum Gasteiger partial charge on any atom is -0.441 e. The zero-order valence-electron chi connectivity index (χ0n) is 14.1. The Morgan fingerprint density at radius 2 is 2.13 bits per heavy atom. The second-order valence-corrected chi connectivity index (χ2v) is 7.49. The van der Waals surface area contributed by atoms with Crippen LogP contribution in [0.1, 0.15) is 49.3 Å². The van der Waals surface area contributed by atoms with Gasteiger partial charge in [0, 0.05) is 50.8 Å². The quantitative estimate of drug-likeness (QED) is 0.856. The molecule has 3 aliphatic rings. The number of ether oxygens (including phenoxy) is 1. The number of hydrogen-bond acceptors (Lipinski definition) is 4. The van der Waals surface area contributed by atoms with Gasteiger partial charge >= 0.3 is 6.09 Å². The van der Waals surface area contributed by atoms with Crippen LogP contribution in [0.4, 0.5) is 4.79 Å². The molecule has 1 spiro atoms. The molecule has 4 rings (SSSR count). The van der Waals surface area contributed by atoms with Crippen LogP contribution in [0.3, 0.4) is 0 Å². The number of aromatic nitrogens is 2. The lowest BCUT2D eigenvalue weighted by Gasteiger charge is -2.25. The molecule has 0 aromatic carbocycles. The lowest BCUT2D eigenvalue weighted by Crippen LogP contribution is -2.35. The first-order valence-corrected chi connectivity index (χ1v) is 8.74. The van der Waals surface area contributed by atoms with Crippen molar-refractivity contribution in [3.63, 3.8) is 0 Å². The van der Waals surface area contributed by atoms with Gasteiger partial charge in [-0.25, -0.2) is 4.79 Å². The van der Waals surface area contributed by atoms with E-state index in [0.29, 0.717) is 0 Å². The molecule has 3 heterocycles. The highest BCUT2D eigenvalue weighted by Crippen LogP contribution is 2.42. The fourth-order valence-corrected chi connectivity index (χ4v) is 4.17. The monoisotopic (exact) mass is 318 g/mol. The van der Waals surface area contributed by atoms with Gasteiger partial charge in [0.05, 0.1) is 12.7 Å². The van der Waals surface area contributed by atoms with Gasteiger partial charge in [0.1, 0.15) is 5.60 Å². The van der Waals surface area contributed by atoms with E-state index >= 15 is 0 Å². The second kappa shape index (κ2) is 5.51. The summed E-state index contributed by atoms with van der Waals surface area (Å²) in [6, 6.07) is 0. The predicted molar refractivity (Wildman–Crippen MR) is 86.2 cm³/mol. The van der Waals surface area contributed by atoms with Crippen LogP contribution < -0.4 is 0 Å². The first-order chi connectivity index (χ1) is 11.1. The molecule has 23 heavy (non-hydrogen) atoms. The lowest BCUT2D eigenvalue weighted by molar-refractivity contribution is 0.0443. The van der Waals surface area contributed by atoms with E-state index < -0.39 is 0 Å². The number of carbonyl (C=O) groups is 1. The molecule has 2 aliphatic heterocycles. The molecular weight excluding hydrogens is 292 g/mol. The molecule has 126 valence electrons. The average Bonchev–Trinajstić information content (AvgIpc) is 3.24. The minimum atomic E-state index is -0.255. The number of nitrogens with zero attached hydrogens (tertiary/aromatic N) is 4. The van der Waals surface area contributed by atoms with Gasteiger partial charge in [-0.1, -0.05) is 0 Å². The first-order valence-electron chi connectivity index (χ1n) is 8.74. The molecule has 6 nitrogen and oxygen atoms in total. The smallest absolute Gasteiger partial charge is 0.410 e. The van der Waals surface area contributed by atoms with Crippen LogP contribution in [0, 0.1) is 0 Å². The molecule has 2 saturated heterocycles. The Morgan fingerprint density at radius 1 is 1.30 bits per heavy atom. The van der Waals surface area contributed by atoms with Crippen molar-refractivity contribution in [1.29, 1.82) is 0 Å². The summed E-state index contributed by atoms with van der Waals surface area (Å²) in [6.45, 7) is 3.77. The summed E-state index contributed by atoms with van der Waals surface area (Å²) in [6.07, 6.45) is 7.47. The number of hydrogen-bond donors (Lipinski definition) is 0. The van der Waals surface area contributed by atoms with Crippen molar-refractivity contribution in [2.45, 2.75) is 50.2 Å². The van der Waals surface area contributed by atoms with Crippen molar-refractivity contribution in [2.75, 3.05) is 26.7 Å². The van der Waals surface area contributed by atoms with Crippen LogP contribution in [0.2, 0.25) is 0 Å². The summed E-state index contributed by atoms with van der Waals surface area (Å²) in [5.74, 6) is 0.722. The summed E-state index contributed by atoms with van der Waals surface area (Å²) >= 11 is 0. The van der Waals surface area contributed by atoms with E-state index in [1.807, 2.05) is 13.2 Å². The van der Waals surface area contributed by atoms with Crippen LogP contribution in [-0.4, -0.2) is 58.0 Å². The van der Waals surface area contributed by atoms with Crippen molar-refractivity contribution < 1.29 is 9.53 Å². The Balaban J connectivity index is 1.43. The molecule has 0 bridgehead atoms. The zero-order valence-corrected chi connectivity index (χ0v) is 14.1. The maximum Gasteiger partial charge on any atom is 0.410 e. The minimum absolute atomic E-state index is 0.165. The third-order valence-corrected chi connectivity index (χ3v) is 5.55. The largest absolute Gasteiger partial charge is 0.441 e. The Morgan fingerprint density at radius 3 is 2.83 bits per heavy atom. The van der Waals surface area contributed by atoms with E-state index in [0.717, 1.165) is 51.4 Å². The second-order valence-electron chi connectivity index (χ2n) is 7.49. The number of likely N-dealkylation sites (N-methyl/N-ethyl adjacent to an activating group) is 1. The molecule has 3 fully saturated rings. The van der Waals surface area contributed by atoms with Gasteiger partial charge in [0.25, 0.3) is 0 Å². The first kappa shape index (κ1) is 15.0. The van der Waals surface area contributed by atoms with Gasteiger partial charge in [-0.05, 0) is 32.2 Å². The molecule has 1 saturated carbocycles. The van der Waals surface area contributed by atoms with Crippen molar-refractivity contribution in [1.82, 2.24) is 19.6 Å². The highest BCUT2D eigenvalue weighted by Gasteiger charge is 2.44. The van der Waals surface area contributed by atoms with Crippen molar-refractivity contribution in [3.05, 3.63) is 17.5 Å². The van der Waals surface area contributed by atoms with E-state index in [1.165, 1.54) is 24.1 Å². The van der Waals surface area contributed by atoms with Crippen LogP contribution in [0.15, 0.2) is 6.20 Å². The predicted octanol–water partition coefficient (Wildman–Crippen LogP) is 2.10. The van der Waals surface area contributed by atoms with Crippen LogP contribution >= 0.6 is 0 Å². The Kier molecular flexibility index (Phi) is 3.59. The van der Waals surface area contributed by atoms with Gasteiger partial charge in [-0.15, -0.1) is 0 Å². The normalized spacial score (nSPS) is 29.1. The third kappa shape index (κ3) is 2.84. The highest BCUT2D eigenvalue weighted by atomic mass is 16.6. The van der Waals surface area contributed by atoms with Crippen LogP contribution in [-0.2, 0) is 18.3 Å². The van der Waals surface area contributed by atoms with E-state index in [4.69, 9.17) is 4.74 Å². The summed E-state index contributed by atoms with van der Waals surface area (Å²) < 4.78 is 7.76. The summed E-state index contributed by atoms with van der Waals surface area (Å²) in [4.78, 5) is 16.0. The van der Waals surface area contributed by atoms with Gasteiger partial charge in [-0.2, -0.15) is 5.10 Å². The highest BCUT2D eigenvalue weighted by molar-refractivity contribution is 5.70. The fraction of sp³-hybridized carbons (Fsp3) is 0.765. The standard InChI is InChI=1S/C17H26N4O2/c1-19-12-17(23-16(19)22)6-3-8-21(9-7-17)11-14-10-18-20(2)15(14)13-4-5-13/h10,13H,3-9,11-12H2,1-2H3/t17-/m1/s1. The van der Waals surface area contributed by atoms with Gasteiger partial charge in [-0.3, -0.25) is 9.58 Å². The molecule has 0 radical (unpaired) electrons. The number of amides is 1. The molecular formula is C17H26N4O2. The number of likely N-dealkylation sites (tertiary alicyclic amines) is 1. The Labute approximate surface area is 137 Å². The summed E-state index contributed by atoms with van der Waals surface area (Å²) in [5.41, 5.74) is 2.55. The molecule has 6 heteroatoms. The lowest BCUT2D eigenvalue weighted by atomic mass is 9.95. The van der Waals surface area contributed by atoms with Gasteiger partial charge < -0.3 is 9.64 Å². The van der Waals surface area contributed by atoms with Crippen molar-refractivity contribution in [2.24, 2.45) is 7.05 Å². The fourth-order valence-electron chi connectivity index (χ4n) is 4.17. The Hall–Kier alpha value is -1.56. The molecule has 1 amide bonds. The molecule has 1 atom stereocenters. The molecule has 0 N–H and O–H groups in total. The zero-order chi connectivity index (χ0) is 16.0. The molecule has 0 unspecified atom stereocenters. The number of carbonyl (C=O) groups excluding carboxylic acids is 1. The Bertz CT molecular complexity index is 610. The van der Waals surface area contributed by atoms with Crippen molar-refractivity contribution >= 4 is 6.09 Å². The molecule has 1 aliphatic carbocycles. The third-order valence-electron chi connectivity index (χ3n) is 5.55. The summed E-state index contributed by atoms with van der Waals surface area (Å²) in [7, 11) is 3.89. The van der Waals surface area contributed by atoms with Gasteiger partial charge in [0.15, 0.2) is 0 Å². The average molecular weight is 318 g/mol. The number of aryl methyl sites for hydroxylation is 1. The van der Waals surface area contributed by atoms with E-state index in [9.17, 15) is 4.79 Å². The SMILES string of the molecule is CN1C[C@]2(CCCN(Cc3cnn(C)c3C3CC3)CC2)OC1=O. The van der Waals surface area contributed by atoms with Crippen molar-refractivity contribution in [3.8, 4) is 0 Å². The van der Waals surface area contributed by atoms with Crippen LogP contribution in [0.5, 0.6) is 0 Å². The van der Waals surface area contributed by atoms with E-state index in [1.54, 1.807) is 4.90 Å². The molecule has 1 aromatic rings. The van der Waals surface area contributed by atoms with E-state index in [-0.39, 0.29) is 11.7 Å².